The lowest BCUT2D eigenvalue weighted by Crippen LogP contribution is -2.25. The van der Waals surface area contributed by atoms with Gasteiger partial charge in [-0.2, -0.15) is 0 Å². The van der Waals surface area contributed by atoms with Gasteiger partial charge in [0, 0.05) is 36.7 Å². The molecule has 4 heteroatoms. The van der Waals surface area contributed by atoms with Gasteiger partial charge in [-0.3, -0.25) is 0 Å². The Labute approximate surface area is 119 Å². The van der Waals surface area contributed by atoms with Crippen molar-refractivity contribution in [1.29, 1.82) is 0 Å². The van der Waals surface area contributed by atoms with Gasteiger partial charge in [-0.25, -0.2) is 4.98 Å². The fraction of sp³-hybridized carbons (Fsp3) is 0.438. The van der Waals surface area contributed by atoms with Gasteiger partial charge in [0.25, 0.3) is 0 Å². The number of aromatic nitrogens is 1. The maximum absolute atomic E-state index is 5.44. The molecule has 2 aromatic rings. The van der Waals surface area contributed by atoms with Gasteiger partial charge in [0.1, 0.15) is 12.0 Å². The lowest BCUT2D eigenvalue weighted by Gasteiger charge is -2.20. The van der Waals surface area contributed by atoms with Gasteiger partial charge in [0.05, 0.1) is 6.61 Å². The molecule has 1 N–H and O–H groups in total. The predicted molar refractivity (Wildman–Crippen MR) is 78.7 cm³/mol. The van der Waals surface area contributed by atoms with E-state index in [0.29, 0.717) is 17.9 Å². The van der Waals surface area contributed by atoms with E-state index in [1.807, 2.05) is 6.92 Å². The van der Waals surface area contributed by atoms with Gasteiger partial charge in [-0.05, 0) is 25.5 Å². The monoisotopic (exact) mass is 272 g/mol. The number of nitrogens with zero attached hydrogens (tertiary/aromatic N) is 1. The summed E-state index contributed by atoms with van der Waals surface area (Å²) in [6.07, 6.45) is 2.83. The first-order valence-electron chi connectivity index (χ1n) is 7.09. The van der Waals surface area contributed by atoms with E-state index >= 15 is 0 Å². The smallest absolute Gasteiger partial charge is 0.191 e. The van der Waals surface area contributed by atoms with Gasteiger partial charge in [0.2, 0.25) is 0 Å². The average molecular weight is 272 g/mol. The summed E-state index contributed by atoms with van der Waals surface area (Å²) in [5.41, 5.74) is 3.09. The number of ether oxygens (including phenoxy) is 1. The molecule has 20 heavy (non-hydrogen) atoms. The zero-order valence-electron chi connectivity index (χ0n) is 11.9. The lowest BCUT2D eigenvalue weighted by molar-refractivity contribution is 0.183. The van der Waals surface area contributed by atoms with Gasteiger partial charge < -0.3 is 14.5 Å². The van der Waals surface area contributed by atoms with Crippen LogP contribution in [0.1, 0.15) is 19.2 Å². The molecule has 1 aromatic carbocycles. The van der Waals surface area contributed by atoms with E-state index in [4.69, 9.17) is 9.15 Å². The van der Waals surface area contributed by atoms with Crippen LogP contribution in [-0.2, 0) is 4.74 Å². The first-order valence-corrected chi connectivity index (χ1v) is 7.09. The van der Waals surface area contributed by atoms with Crippen LogP contribution in [-0.4, -0.2) is 24.2 Å². The SMILES string of the molecule is Cc1nc(-c2ccc(NC(C)C3CCOC3)cc2)co1. The van der Waals surface area contributed by atoms with Crippen molar-refractivity contribution in [3.05, 3.63) is 36.4 Å². The van der Waals surface area contributed by atoms with Gasteiger partial charge >= 0.3 is 0 Å². The third-order valence-corrected chi connectivity index (χ3v) is 3.87. The third kappa shape index (κ3) is 2.85. The van der Waals surface area contributed by atoms with Crippen molar-refractivity contribution in [1.82, 2.24) is 4.98 Å². The number of hydrogen-bond donors (Lipinski definition) is 1. The maximum atomic E-state index is 5.44. The normalized spacial score (nSPS) is 20.0. The van der Waals surface area contributed by atoms with Crippen molar-refractivity contribution in [2.24, 2.45) is 5.92 Å². The summed E-state index contributed by atoms with van der Waals surface area (Å²) in [4.78, 5) is 4.33. The molecule has 0 amide bonds. The summed E-state index contributed by atoms with van der Waals surface area (Å²) in [7, 11) is 0. The summed E-state index contributed by atoms with van der Waals surface area (Å²) in [5.74, 6) is 1.30. The first-order chi connectivity index (χ1) is 9.72. The Hall–Kier alpha value is -1.81. The van der Waals surface area contributed by atoms with Crippen LogP contribution < -0.4 is 5.32 Å². The number of anilines is 1. The molecule has 1 aliphatic rings. The second-order valence-electron chi connectivity index (χ2n) is 5.39. The quantitative estimate of drug-likeness (QED) is 0.925. The van der Waals surface area contributed by atoms with Crippen LogP contribution in [0.5, 0.6) is 0 Å². The molecule has 0 radical (unpaired) electrons. The number of benzene rings is 1. The van der Waals surface area contributed by atoms with E-state index in [1.165, 1.54) is 0 Å². The fourth-order valence-electron chi connectivity index (χ4n) is 2.56. The summed E-state index contributed by atoms with van der Waals surface area (Å²) >= 11 is 0. The second-order valence-corrected chi connectivity index (χ2v) is 5.39. The Morgan fingerprint density at radius 2 is 2.10 bits per heavy atom. The van der Waals surface area contributed by atoms with Crippen LogP contribution in [0.15, 0.2) is 34.9 Å². The summed E-state index contributed by atoms with van der Waals surface area (Å²) in [6.45, 7) is 5.82. The maximum Gasteiger partial charge on any atom is 0.191 e. The molecular formula is C16H20N2O2. The third-order valence-electron chi connectivity index (χ3n) is 3.87. The number of rotatable bonds is 4. The van der Waals surface area contributed by atoms with E-state index in [-0.39, 0.29) is 0 Å². The van der Waals surface area contributed by atoms with E-state index in [9.17, 15) is 0 Å². The second kappa shape index (κ2) is 5.67. The molecule has 3 rings (SSSR count). The average Bonchev–Trinajstić information content (AvgIpc) is 3.10. The van der Waals surface area contributed by atoms with Gasteiger partial charge in [-0.15, -0.1) is 0 Å². The number of hydrogen-bond acceptors (Lipinski definition) is 4. The summed E-state index contributed by atoms with van der Waals surface area (Å²) in [6, 6.07) is 8.74. The predicted octanol–water partition coefficient (Wildman–Crippen LogP) is 3.49. The van der Waals surface area contributed by atoms with E-state index in [2.05, 4.69) is 41.5 Å². The molecule has 106 valence electrons. The number of aryl methyl sites for hydroxylation is 1. The highest BCUT2D eigenvalue weighted by molar-refractivity contribution is 5.61. The van der Waals surface area contributed by atoms with Crippen molar-refractivity contribution >= 4 is 5.69 Å². The van der Waals surface area contributed by atoms with Crippen LogP contribution in [0.3, 0.4) is 0 Å². The van der Waals surface area contributed by atoms with Crippen molar-refractivity contribution in [3.63, 3.8) is 0 Å². The van der Waals surface area contributed by atoms with E-state index < -0.39 is 0 Å². The minimum absolute atomic E-state index is 0.428. The minimum atomic E-state index is 0.428. The summed E-state index contributed by atoms with van der Waals surface area (Å²) in [5, 5.41) is 3.54. The van der Waals surface area contributed by atoms with Crippen molar-refractivity contribution in [2.75, 3.05) is 18.5 Å². The Morgan fingerprint density at radius 3 is 2.70 bits per heavy atom. The molecule has 0 saturated carbocycles. The molecule has 1 aromatic heterocycles. The van der Waals surface area contributed by atoms with Crippen molar-refractivity contribution in [2.45, 2.75) is 26.3 Å². The van der Waals surface area contributed by atoms with Gasteiger partial charge in [0.15, 0.2) is 5.89 Å². The standard InChI is InChI=1S/C16H20N2O2/c1-11(14-7-8-19-9-14)17-15-5-3-13(4-6-15)16-10-20-12(2)18-16/h3-6,10-11,14,17H,7-9H2,1-2H3. The molecule has 1 aliphatic heterocycles. The molecule has 2 heterocycles. The Morgan fingerprint density at radius 1 is 1.30 bits per heavy atom. The van der Waals surface area contributed by atoms with Crippen LogP contribution in [0, 0.1) is 12.8 Å². The van der Waals surface area contributed by atoms with Crippen molar-refractivity contribution in [3.8, 4) is 11.3 Å². The minimum Gasteiger partial charge on any atom is -0.449 e. The van der Waals surface area contributed by atoms with Crippen LogP contribution in [0.25, 0.3) is 11.3 Å². The molecule has 2 unspecified atom stereocenters. The molecule has 2 atom stereocenters. The van der Waals surface area contributed by atoms with E-state index in [0.717, 1.165) is 36.6 Å². The number of oxazole rings is 1. The first kappa shape index (κ1) is 13.2. The molecular weight excluding hydrogens is 252 g/mol. The molecule has 0 bridgehead atoms. The molecule has 4 nitrogen and oxygen atoms in total. The topological polar surface area (TPSA) is 47.3 Å². The van der Waals surface area contributed by atoms with Crippen LogP contribution >= 0.6 is 0 Å². The zero-order valence-corrected chi connectivity index (χ0v) is 11.9. The zero-order chi connectivity index (χ0) is 13.9. The number of nitrogens with one attached hydrogen (secondary N) is 1. The molecule has 1 fully saturated rings. The Bertz CT molecular complexity index is 556. The van der Waals surface area contributed by atoms with Crippen molar-refractivity contribution < 1.29 is 9.15 Å². The fourth-order valence-corrected chi connectivity index (χ4v) is 2.56. The highest BCUT2D eigenvalue weighted by Gasteiger charge is 2.21. The summed E-state index contributed by atoms with van der Waals surface area (Å²) < 4.78 is 10.7. The Kier molecular flexibility index (Phi) is 3.74. The van der Waals surface area contributed by atoms with Crippen LogP contribution in [0.4, 0.5) is 5.69 Å². The highest BCUT2D eigenvalue weighted by atomic mass is 16.5. The molecule has 0 aliphatic carbocycles. The lowest BCUT2D eigenvalue weighted by atomic mass is 10.0. The molecule has 0 spiro atoms. The van der Waals surface area contributed by atoms with Crippen LogP contribution in [0.2, 0.25) is 0 Å². The largest absolute Gasteiger partial charge is 0.449 e. The van der Waals surface area contributed by atoms with E-state index in [1.54, 1.807) is 6.26 Å². The van der Waals surface area contributed by atoms with Gasteiger partial charge in [-0.1, -0.05) is 12.1 Å². The Balaban J connectivity index is 1.66. The molecule has 1 saturated heterocycles. The highest BCUT2D eigenvalue weighted by Crippen LogP contribution is 2.23.